The highest BCUT2D eigenvalue weighted by Crippen LogP contribution is 2.26. The molecule has 0 spiro atoms. The van der Waals surface area contributed by atoms with Gasteiger partial charge in [-0.2, -0.15) is 0 Å². The van der Waals surface area contributed by atoms with Gasteiger partial charge >= 0.3 is 0 Å². The van der Waals surface area contributed by atoms with Crippen LogP contribution in [0.1, 0.15) is 12.1 Å². The number of nitrogens with zero attached hydrogens (tertiary/aromatic N) is 2. The van der Waals surface area contributed by atoms with Crippen molar-refractivity contribution >= 4 is 17.5 Å². The molecule has 3 aromatic carbocycles. The maximum absolute atomic E-state index is 12.6. The Balaban J connectivity index is 1.18. The molecule has 0 aliphatic carbocycles. The summed E-state index contributed by atoms with van der Waals surface area (Å²) in [6, 6.07) is 29.5. The lowest BCUT2D eigenvalue weighted by molar-refractivity contribution is -0.126. The number of hydrogen-bond acceptors (Lipinski definition) is 4. The van der Waals surface area contributed by atoms with Crippen molar-refractivity contribution in [1.82, 2.24) is 10.5 Å². The first-order chi connectivity index (χ1) is 16.2. The Morgan fingerprint density at radius 3 is 2.27 bits per heavy atom. The van der Waals surface area contributed by atoms with Crippen LogP contribution in [-0.4, -0.2) is 23.5 Å². The van der Waals surface area contributed by atoms with Crippen molar-refractivity contribution < 1.29 is 14.1 Å². The fourth-order valence-electron chi connectivity index (χ4n) is 4.05. The molecule has 0 radical (unpaired) electrons. The molecule has 0 saturated carbocycles. The average molecular weight is 437 g/mol. The van der Waals surface area contributed by atoms with Gasteiger partial charge in [0, 0.05) is 30.3 Å². The van der Waals surface area contributed by atoms with Crippen LogP contribution < -0.4 is 10.2 Å². The highest BCUT2D eigenvalue weighted by Gasteiger charge is 2.35. The predicted molar refractivity (Wildman–Crippen MR) is 126 cm³/mol. The molecule has 1 aliphatic heterocycles. The zero-order valence-corrected chi connectivity index (χ0v) is 18.0. The second kappa shape index (κ2) is 9.12. The van der Waals surface area contributed by atoms with E-state index in [4.69, 9.17) is 4.52 Å². The van der Waals surface area contributed by atoms with Crippen molar-refractivity contribution in [3.05, 3.63) is 96.7 Å². The largest absolute Gasteiger partial charge is 0.356 e. The molecule has 2 amide bonds. The standard InChI is InChI=1S/C27H23N3O3/c31-26-15-22(18-30(26)24-9-5-2-6-10-24)27(32)28-17-23-16-25(33-29-23)21-13-11-20(12-14-21)19-7-3-1-4-8-19/h1-14,16,22H,15,17-18H2,(H,28,32). The molecule has 1 saturated heterocycles. The summed E-state index contributed by atoms with van der Waals surface area (Å²) >= 11 is 0. The number of nitrogens with one attached hydrogen (secondary N) is 1. The van der Waals surface area contributed by atoms with Crippen LogP contribution in [0.3, 0.4) is 0 Å². The van der Waals surface area contributed by atoms with Crippen molar-refractivity contribution in [3.63, 3.8) is 0 Å². The molecule has 0 bridgehead atoms. The van der Waals surface area contributed by atoms with Gasteiger partial charge in [-0.25, -0.2) is 0 Å². The van der Waals surface area contributed by atoms with Crippen LogP contribution in [0.4, 0.5) is 5.69 Å². The van der Waals surface area contributed by atoms with Crippen molar-refractivity contribution in [2.24, 2.45) is 5.92 Å². The first-order valence-electron chi connectivity index (χ1n) is 10.9. The Bertz CT molecular complexity index is 1250. The summed E-state index contributed by atoms with van der Waals surface area (Å²) in [7, 11) is 0. The minimum atomic E-state index is -0.380. The van der Waals surface area contributed by atoms with E-state index in [2.05, 4.69) is 22.6 Å². The van der Waals surface area contributed by atoms with E-state index in [0.29, 0.717) is 18.0 Å². The van der Waals surface area contributed by atoms with E-state index in [1.54, 1.807) is 4.90 Å². The molecule has 6 nitrogen and oxygen atoms in total. The van der Waals surface area contributed by atoms with E-state index < -0.39 is 0 Å². The maximum Gasteiger partial charge on any atom is 0.227 e. The molecule has 6 heteroatoms. The SMILES string of the molecule is O=C(NCc1cc(-c2ccc(-c3ccccc3)cc2)on1)C1CC(=O)N(c2ccccc2)C1. The normalized spacial score (nSPS) is 15.6. The number of aromatic nitrogens is 1. The van der Waals surface area contributed by atoms with Crippen LogP contribution in [0.2, 0.25) is 0 Å². The lowest BCUT2D eigenvalue weighted by Gasteiger charge is -2.16. The molecule has 1 N–H and O–H groups in total. The second-order valence-electron chi connectivity index (χ2n) is 8.08. The molecule has 1 aromatic heterocycles. The molecule has 1 aliphatic rings. The maximum atomic E-state index is 12.6. The number of benzene rings is 3. The number of rotatable bonds is 6. The van der Waals surface area contributed by atoms with Gasteiger partial charge in [-0.3, -0.25) is 9.59 Å². The van der Waals surface area contributed by atoms with Gasteiger partial charge in [-0.1, -0.05) is 78.0 Å². The zero-order valence-electron chi connectivity index (χ0n) is 18.0. The summed E-state index contributed by atoms with van der Waals surface area (Å²) in [5, 5.41) is 6.97. The Labute approximate surface area is 191 Å². The van der Waals surface area contributed by atoms with Gasteiger partial charge in [0.1, 0.15) is 5.69 Å². The third kappa shape index (κ3) is 4.55. The Hall–Kier alpha value is -4.19. The molecule has 1 fully saturated rings. The monoisotopic (exact) mass is 437 g/mol. The fraction of sp³-hybridized carbons (Fsp3) is 0.148. The van der Waals surface area contributed by atoms with E-state index in [-0.39, 0.29) is 30.7 Å². The summed E-state index contributed by atoms with van der Waals surface area (Å²) in [5.41, 5.74) is 4.65. The molecule has 4 aromatic rings. The minimum absolute atomic E-state index is 0.0379. The topological polar surface area (TPSA) is 75.4 Å². The van der Waals surface area contributed by atoms with Gasteiger partial charge in [0.05, 0.1) is 12.5 Å². The molecular formula is C27H23N3O3. The summed E-state index contributed by atoms with van der Waals surface area (Å²) in [5.74, 6) is 0.0716. The molecule has 2 heterocycles. The number of carbonyl (C=O) groups excluding carboxylic acids is 2. The van der Waals surface area contributed by atoms with Gasteiger partial charge in [0.25, 0.3) is 0 Å². The Morgan fingerprint density at radius 1 is 0.909 bits per heavy atom. The van der Waals surface area contributed by atoms with E-state index in [1.165, 1.54) is 0 Å². The molecule has 164 valence electrons. The van der Waals surface area contributed by atoms with Crippen LogP contribution >= 0.6 is 0 Å². The van der Waals surface area contributed by atoms with E-state index in [0.717, 1.165) is 22.4 Å². The fourth-order valence-corrected chi connectivity index (χ4v) is 4.05. The summed E-state index contributed by atoms with van der Waals surface area (Å²) < 4.78 is 5.48. The van der Waals surface area contributed by atoms with Gasteiger partial charge in [0.15, 0.2) is 5.76 Å². The number of amides is 2. The van der Waals surface area contributed by atoms with E-state index in [9.17, 15) is 9.59 Å². The third-order valence-electron chi connectivity index (χ3n) is 5.84. The minimum Gasteiger partial charge on any atom is -0.356 e. The third-order valence-corrected chi connectivity index (χ3v) is 5.84. The molecule has 33 heavy (non-hydrogen) atoms. The van der Waals surface area contributed by atoms with Crippen LogP contribution in [0, 0.1) is 5.92 Å². The molecular weight excluding hydrogens is 414 g/mol. The number of para-hydroxylation sites is 1. The zero-order chi connectivity index (χ0) is 22.6. The van der Waals surface area contributed by atoms with E-state index in [1.807, 2.05) is 78.9 Å². The smallest absolute Gasteiger partial charge is 0.227 e. The van der Waals surface area contributed by atoms with Crippen molar-refractivity contribution in [1.29, 1.82) is 0 Å². The first-order valence-corrected chi connectivity index (χ1v) is 10.9. The van der Waals surface area contributed by atoms with Crippen LogP contribution in [-0.2, 0) is 16.1 Å². The molecule has 1 atom stereocenters. The highest BCUT2D eigenvalue weighted by atomic mass is 16.5. The number of hydrogen-bond donors (Lipinski definition) is 1. The van der Waals surface area contributed by atoms with Crippen LogP contribution in [0.15, 0.2) is 95.5 Å². The quantitative estimate of drug-likeness (QED) is 0.475. The van der Waals surface area contributed by atoms with Crippen molar-refractivity contribution in [2.45, 2.75) is 13.0 Å². The molecule has 5 rings (SSSR count). The highest BCUT2D eigenvalue weighted by molar-refractivity contribution is 6.00. The number of anilines is 1. The van der Waals surface area contributed by atoms with Crippen LogP contribution in [0.25, 0.3) is 22.5 Å². The van der Waals surface area contributed by atoms with Crippen molar-refractivity contribution in [3.8, 4) is 22.5 Å². The first kappa shape index (κ1) is 20.7. The van der Waals surface area contributed by atoms with E-state index >= 15 is 0 Å². The summed E-state index contributed by atoms with van der Waals surface area (Å²) in [4.78, 5) is 26.7. The predicted octanol–water partition coefficient (Wildman–Crippen LogP) is 4.68. The average Bonchev–Trinajstić information content (AvgIpc) is 3.51. The lowest BCUT2D eigenvalue weighted by Crippen LogP contribution is -2.32. The van der Waals surface area contributed by atoms with Gasteiger partial charge in [0.2, 0.25) is 11.8 Å². The summed E-state index contributed by atoms with van der Waals surface area (Å²) in [6.07, 6.45) is 0.207. The lowest BCUT2D eigenvalue weighted by atomic mass is 10.0. The summed E-state index contributed by atoms with van der Waals surface area (Å²) in [6.45, 7) is 0.632. The second-order valence-corrected chi connectivity index (χ2v) is 8.08. The van der Waals surface area contributed by atoms with Gasteiger partial charge in [-0.05, 0) is 23.3 Å². The van der Waals surface area contributed by atoms with Crippen molar-refractivity contribution in [2.75, 3.05) is 11.4 Å². The Morgan fingerprint density at radius 2 is 1.55 bits per heavy atom. The van der Waals surface area contributed by atoms with Gasteiger partial charge < -0.3 is 14.7 Å². The Kier molecular flexibility index (Phi) is 5.72. The van der Waals surface area contributed by atoms with Crippen LogP contribution in [0.5, 0.6) is 0 Å². The van der Waals surface area contributed by atoms with Gasteiger partial charge in [-0.15, -0.1) is 0 Å². The number of carbonyl (C=O) groups is 2. The molecule has 1 unspecified atom stereocenters.